The molecule has 0 aliphatic carbocycles. The SMILES string of the molecule is CCc1cccc2c(N=Nc3ccc(C(C)C)cc3)c(O)[nH]c12. The molecule has 23 heavy (non-hydrogen) atoms. The highest BCUT2D eigenvalue weighted by atomic mass is 16.3. The Labute approximate surface area is 135 Å². The van der Waals surface area contributed by atoms with Gasteiger partial charge in [0.2, 0.25) is 5.88 Å². The summed E-state index contributed by atoms with van der Waals surface area (Å²) in [6.07, 6.45) is 0.893. The summed E-state index contributed by atoms with van der Waals surface area (Å²) < 4.78 is 0. The van der Waals surface area contributed by atoms with E-state index in [1.54, 1.807) is 0 Å². The van der Waals surface area contributed by atoms with Crippen LogP contribution < -0.4 is 0 Å². The van der Waals surface area contributed by atoms with Gasteiger partial charge in [0.15, 0.2) is 5.69 Å². The third-order valence-electron chi connectivity index (χ3n) is 4.08. The summed E-state index contributed by atoms with van der Waals surface area (Å²) in [6, 6.07) is 14.0. The quantitative estimate of drug-likeness (QED) is 0.573. The zero-order valence-electron chi connectivity index (χ0n) is 13.7. The van der Waals surface area contributed by atoms with Gasteiger partial charge in [-0.15, -0.1) is 5.11 Å². The molecule has 0 atom stereocenters. The third kappa shape index (κ3) is 2.97. The second-order valence-corrected chi connectivity index (χ2v) is 5.96. The van der Waals surface area contributed by atoms with Crippen LogP contribution in [0.2, 0.25) is 0 Å². The predicted octanol–water partition coefficient (Wildman–Crippen LogP) is 5.97. The molecule has 118 valence electrons. The van der Waals surface area contributed by atoms with E-state index >= 15 is 0 Å². The molecule has 0 aliphatic rings. The highest BCUT2D eigenvalue weighted by molar-refractivity contribution is 5.96. The van der Waals surface area contributed by atoms with Crippen molar-refractivity contribution in [2.45, 2.75) is 33.1 Å². The molecule has 1 heterocycles. The van der Waals surface area contributed by atoms with Crippen molar-refractivity contribution in [3.05, 3.63) is 53.6 Å². The Morgan fingerprint density at radius 1 is 1.04 bits per heavy atom. The summed E-state index contributed by atoms with van der Waals surface area (Å²) in [6.45, 7) is 6.40. The monoisotopic (exact) mass is 307 g/mol. The van der Waals surface area contributed by atoms with E-state index in [2.05, 4.69) is 48.1 Å². The van der Waals surface area contributed by atoms with Gasteiger partial charge < -0.3 is 10.1 Å². The average Bonchev–Trinajstić information content (AvgIpc) is 2.88. The van der Waals surface area contributed by atoms with Gasteiger partial charge in [0.25, 0.3) is 0 Å². The van der Waals surface area contributed by atoms with Crippen LogP contribution in [0.15, 0.2) is 52.7 Å². The van der Waals surface area contributed by atoms with Gasteiger partial charge in [-0.3, -0.25) is 0 Å². The van der Waals surface area contributed by atoms with E-state index in [0.717, 1.165) is 28.6 Å². The number of azo groups is 1. The number of nitrogens with zero attached hydrogens (tertiary/aromatic N) is 2. The molecule has 1 aromatic heterocycles. The number of rotatable bonds is 4. The first-order valence-corrected chi connectivity index (χ1v) is 7.94. The molecule has 2 aromatic carbocycles. The van der Waals surface area contributed by atoms with Crippen molar-refractivity contribution >= 4 is 22.3 Å². The number of H-pyrrole nitrogens is 1. The average molecular weight is 307 g/mol. The van der Waals surface area contributed by atoms with Gasteiger partial charge in [-0.2, -0.15) is 5.11 Å². The summed E-state index contributed by atoms with van der Waals surface area (Å²) in [5, 5.41) is 19.6. The second kappa shape index (κ2) is 6.24. The van der Waals surface area contributed by atoms with E-state index in [0.29, 0.717) is 11.6 Å². The Balaban J connectivity index is 1.96. The lowest BCUT2D eigenvalue weighted by Gasteiger charge is -2.03. The van der Waals surface area contributed by atoms with E-state index in [9.17, 15) is 5.11 Å². The molecule has 3 aromatic rings. The molecule has 0 spiro atoms. The molecule has 0 saturated carbocycles. The first-order valence-electron chi connectivity index (χ1n) is 7.94. The minimum Gasteiger partial charge on any atom is -0.493 e. The van der Waals surface area contributed by atoms with Crippen molar-refractivity contribution in [1.82, 2.24) is 4.98 Å². The molecule has 0 amide bonds. The number of aromatic amines is 1. The molecular formula is C19H21N3O. The maximum atomic E-state index is 10.1. The lowest BCUT2D eigenvalue weighted by Crippen LogP contribution is -1.84. The summed E-state index contributed by atoms with van der Waals surface area (Å²) in [5.41, 5.74) is 4.61. The van der Waals surface area contributed by atoms with Crippen molar-refractivity contribution in [2.24, 2.45) is 10.2 Å². The topological polar surface area (TPSA) is 60.7 Å². The van der Waals surface area contributed by atoms with Gasteiger partial charge >= 0.3 is 0 Å². The molecule has 4 heteroatoms. The molecule has 3 rings (SSSR count). The van der Waals surface area contributed by atoms with Crippen LogP contribution in [0.5, 0.6) is 5.88 Å². The minimum absolute atomic E-state index is 0.0588. The molecule has 2 N–H and O–H groups in total. The third-order valence-corrected chi connectivity index (χ3v) is 4.08. The number of para-hydroxylation sites is 1. The van der Waals surface area contributed by atoms with Crippen molar-refractivity contribution in [3.63, 3.8) is 0 Å². The number of fused-ring (bicyclic) bond motifs is 1. The highest BCUT2D eigenvalue weighted by Gasteiger charge is 2.12. The van der Waals surface area contributed by atoms with Crippen molar-refractivity contribution in [1.29, 1.82) is 0 Å². The number of aromatic hydroxyl groups is 1. The zero-order chi connectivity index (χ0) is 16.4. The van der Waals surface area contributed by atoms with Crippen LogP contribution in [0.1, 0.15) is 37.8 Å². The van der Waals surface area contributed by atoms with Crippen LogP contribution in [0.3, 0.4) is 0 Å². The molecule has 4 nitrogen and oxygen atoms in total. The van der Waals surface area contributed by atoms with Crippen LogP contribution in [-0.4, -0.2) is 10.1 Å². The first kappa shape index (κ1) is 15.3. The van der Waals surface area contributed by atoms with Crippen molar-refractivity contribution in [2.75, 3.05) is 0 Å². The summed E-state index contributed by atoms with van der Waals surface area (Å²) in [5.74, 6) is 0.551. The van der Waals surface area contributed by atoms with Gasteiger partial charge in [0.05, 0.1) is 11.2 Å². The fourth-order valence-electron chi connectivity index (χ4n) is 2.68. The number of aryl methyl sites for hydroxylation is 1. The normalized spacial score (nSPS) is 11.8. The Morgan fingerprint density at radius 2 is 1.78 bits per heavy atom. The van der Waals surface area contributed by atoms with Crippen LogP contribution >= 0.6 is 0 Å². The fraction of sp³-hybridized carbons (Fsp3) is 0.263. The maximum absolute atomic E-state index is 10.1. The number of nitrogens with one attached hydrogen (secondary N) is 1. The van der Waals surface area contributed by atoms with Crippen LogP contribution in [0.4, 0.5) is 11.4 Å². The standard InChI is InChI=1S/C19H21N3O/c1-4-13-6-5-7-16-17(13)20-19(23)18(16)22-21-15-10-8-14(9-11-15)12(2)3/h5-12,20,23H,4H2,1-3H3. The number of hydrogen-bond acceptors (Lipinski definition) is 3. The maximum Gasteiger partial charge on any atom is 0.218 e. The Morgan fingerprint density at radius 3 is 2.43 bits per heavy atom. The van der Waals surface area contributed by atoms with E-state index in [1.807, 2.05) is 30.3 Å². The Bertz CT molecular complexity index is 845. The molecule has 0 aliphatic heterocycles. The smallest absolute Gasteiger partial charge is 0.218 e. The van der Waals surface area contributed by atoms with Crippen LogP contribution in [-0.2, 0) is 6.42 Å². The Kier molecular flexibility index (Phi) is 4.15. The number of hydrogen-bond donors (Lipinski definition) is 2. The van der Waals surface area contributed by atoms with E-state index in [-0.39, 0.29) is 5.88 Å². The first-order chi connectivity index (χ1) is 11.1. The lowest BCUT2D eigenvalue weighted by atomic mass is 10.0. The Hall–Kier alpha value is -2.62. The van der Waals surface area contributed by atoms with Crippen molar-refractivity contribution < 1.29 is 5.11 Å². The van der Waals surface area contributed by atoms with E-state index < -0.39 is 0 Å². The number of aromatic nitrogens is 1. The van der Waals surface area contributed by atoms with Gasteiger partial charge in [-0.1, -0.05) is 51.1 Å². The lowest BCUT2D eigenvalue weighted by molar-refractivity contribution is 0.459. The summed E-state index contributed by atoms with van der Waals surface area (Å²) in [4.78, 5) is 3.01. The number of benzene rings is 2. The van der Waals surface area contributed by atoms with Crippen LogP contribution in [0.25, 0.3) is 10.9 Å². The van der Waals surface area contributed by atoms with E-state index in [4.69, 9.17) is 0 Å². The predicted molar refractivity (Wildman–Crippen MR) is 94.0 cm³/mol. The second-order valence-electron chi connectivity index (χ2n) is 5.96. The molecule has 0 radical (unpaired) electrons. The molecule has 0 bridgehead atoms. The zero-order valence-corrected chi connectivity index (χ0v) is 13.7. The van der Waals surface area contributed by atoms with Gasteiger partial charge in [0, 0.05) is 5.39 Å². The minimum atomic E-state index is 0.0588. The molecule has 0 fully saturated rings. The highest BCUT2D eigenvalue weighted by Crippen LogP contribution is 2.37. The molecule has 0 unspecified atom stereocenters. The van der Waals surface area contributed by atoms with Gasteiger partial charge in [0.1, 0.15) is 0 Å². The van der Waals surface area contributed by atoms with E-state index in [1.165, 1.54) is 5.56 Å². The van der Waals surface area contributed by atoms with Gasteiger partial charge in [-0.05, 0) is 35.6 Å². The molecule has 0 saturated heterocycles. The summed E-state index contributed by atoms with van der Waals surface area (Å²) in [7, 11) is 0. The summed E-state index contributed by atoms with van der Waals surface area (Å²) >= 11 is 0. The fourth-order valence-corrected chi connectivity index (χ4v) is 2.68. The van der Waals surface area contributed by atoms with Crippen LogP contribution in [0, 0.1) is 0 Å². The molecular weight excluding hydrogens is 286 g/mol. The largest absolute Gasteiger partial charge is 0.493 e. The van der Waals surface area contributed by atoms with Gasteiger partial charge in [-0.25, -0.2) is 0 Å². The van der Waals surface area contributed by atoms with Crippen molar-refractivity contribution in [3.8, 4) is 5.88 Å².